The highest BCUT2D eigenvalue weighted by Crippen LogP contribution is 2.21. The van der Waals surface area contributed by atoms with Crippen LogP contribution in [-0.2, 0) is 14.3 Å². The lowest BCUT2D eigenvalue weighted by atomic mass is 10.1. The summed E-state index contributed by atoms with van der Waals surface area (Å²) < 4.78 is 5.50. The van der Waals surface area contributed by atoms with Gasteiger partial charge in [0, 0.05) is 43.9 Å². The van der Waals surface area contributed by atoms with Crippen molar-refractivity contribution < 1.29 is 19.1 Å². The first-order valence-electron chi connectivity index (χ1n) is 10.2. The van der Waals surface area contributed by atoms with E-state index >= 15 is 0 Å². The largest absolute Gasteiger partial charge is 0.376 e. The second-order valence-electron chi connectivity index (χ2n) is 7.51. The van der Waals surface area contributed by atoms with Crippen molar-refractivity contribution in [1.82, 2.24) is 10.2 Å². The van der Waals surface area contributed by atoms with Gasteiger partial charge in [-0.25, -0.2) is 0 Å². The number of hydrogen-bond acceptors (Lipinski definition) is 4. The van der Waals surface area contributed by atoms with Crippen molar-refractivity contribution in [3.05, 3.63) is 29.8 Å². The minimum absolute atomic E-state index is 0.0480. The molecule has 2 saturated heterocycles. The maximum Gasteiger partial charge on any atom is 0.251 e. The van der Waals surface area contributed by atoms with E-state index in [1.54, 1.807) is 29.2 Å². The molecule has 0 bridgehead atoms. The summed E-state index contributed by atoms with van der Waals surface area (Å²) in [6.07, 6.45) is 4.36. The number of anilines is 1. The number of carbonyl (C=O) groups is 3. The first kappa shape index (κ1) is 20.3. The fraction of sp³-hybridized carbons (Fsp3) is 0.571. The number of carbonyl (C=O) groups excluding carboxylic acids is 3. The molecule has 2 atom stereocenters. The van der Waals surface area contributed by atoms with Crippen molar-refractivity contribution in [1.29, 1.82) is 0 Å². The van der Waals surface area contributed by atoms with Gasteiger partial charge in [0.2, 0.25) is 11.8 Å². The Bertz CT molecular complexity index is 698. The van der Waals surface area contributed by atoms with Crippen LogP contribution in [-0.4, -0.2) is 55.0 Å². The van der Waals surface area contributed by atoms with E-state index in [1.165, 1.54) is 0 Å². The van der Waals surface area contributed by atoms with Gasteiger partial charge in [0.25, 0.3) is 5.91 Å². The van der Waals surface area contributed by atoms with Gasteiger partial charge in [0.1, 0.15) is 0 Å². The number of nitrogens with one attached hydrogen (secondary N) is 2. The Morgan fingerprint density at radius 1 is 1.25 bits per heavy atom. The SMILES string of the molecule is CCCCN1C[C@H](C(=O)Nc2ccc(C(=O)NC[C@H]3CCCO3)cc2)CC1=O. The van der Waals surface area contributed by atoms with Gasteiger partial charge in [-0.3, -0.25) is 14.4 Å². The molecule has 1 aromatic rings. The van der Waals surface area contributed by atoms with E-state index in [-0.39, 0.29) is 36.2 Å². The lowest BCUT2D eigenvalue weighted by molar-refractivity contribution is -0.128. The average molecular weight is 387 g/mol. The predicted molar refractivity (Wildman–Crippen MR) is 106 cm³/mol. The molecule has 7 nitrogen and oxygen atoms in total. The minimum Gasteiger partial charge on any atom is -0.376 e. The molecule has 0 spiro atoms. The van der Waals surface area contributed by atoms with Gasteiger partial charge in [-0.05, 0) is 43.5 Å². The first-order valence-corrected chi connectivity index (χ1v) is 10.2. The highest BCUT2D eigenvalue weighted by molar-refractivity contribution is 5.98. The second kappa shape index (κ2) is 9.68. The van der Waals surface area contributed by atoms with Crippen LogP contribution in [0.1, 0.15) is 49.4 Å². The molecule has 2 fully saturated rings. The smallest absolute Gasteiger partial charge is 0.251 e. The van der Waals surface area contributed by atoms with Crippen LogP contribution >= 0.6 is 0 Å². The molecule has 1 aromatic carbocycles. The number of ether oxygens (including phenoxy) is 1. The zero-order valence-electron chi connectivity index (χ0n) is 16.4. The lowest BCUT2D eigenvalue weighted by Gasteiger charge is -2.16. The third-order valence-corrected chi connectivity index (χ3v) is 5.30. The summed E-state index contributed by atoms with van der Waals surface area (Å²) in [7, 11) is 0. The van der Waals surface area contributed by atoms with E-state index in [9.17, 15) is 14.4 Å². The Balaban J connectivity index is 1.47. The molecular weight excluding hydrogens is 358 g/mol. The van der Waals surface area contributed by atoms with E-state index in [0.717, 1.165) is 38.8 Å². The van der Waals surface area contributed by atoms with Crippen molar-refractivity contribution in [3.8, 4) is 0 Å². The van der Waals surface area contributed by atoms with Crippen molar-refractivity contribution >= 4 is 23.4 Å². The zero-order chi connectivity index (χ0) is 19.9. The monoisotopic (exact) mass is 387 g/mol. The first-order chi connectivity index (χ1) is 13.6. The molecule has 3 amide bonds. The van der Waals surface area contributed by atoms with Gasteiger partial charge in [-0.2, -0.15) is 0 Å². The maximum atomic E-state index is 12.5. The van der Waals surface area contributed by atoms with Crippen molar-refractivity contribution in [2.45, 2.75) is 45.1 Å². The highest BCUT2D eigenvalue weighted by Gasteiger charge is 2.33. The van der Waals surface area contributed by atoms with Crippen LogP contribution in [0.4, 0.5) is 5.69 Å². The minimum atomic E-state index is -0.321. The van der Waals surface area contributed by atoms with E-state index in [1.807, 2.05) is 0 Å². The number of benzene rings is 1. The van der Waals surface area contributed by atoms with Gasteiger partial charge in [-0.15, -0.1) is 0 Å². The molecule has 0 unspecified atom stereocenters. The normalized spacial score (nSPS) is 21.8. The molecule has 0 saturated carbocycles. The molecule has 3 rings (SSSR count). The van der Waals surface area contributed by atoms with Crippen LogP contribution in [0.15, 0.2) is 24.3 Å². The van der Waals surface area contributed by atoms with Crippen LogP contribution in [0.3, 0.4) is 0 Å². The molecule has 7 heteroatoms. The van der Waals surface area contributed by atoms with Crippen LogP contribution < -0.4 is 10.6 Å². The van der Waals surface area contributed by atoms with Gasteiger partial charge >= 0.3 is 0 Å². The topological polar surface area (TPSA) is 87.7 Å². The van der Waals surface area contributed by atoms with Crippen molar-refractivity contribution in [3.63, 3.8) is 0 Å². The molecular formula is C21H29N3O4. The lowest BCUT2D eigenvalue weighted by Crippen LogP contribution is -2.31. The van der Waals surface area contributed by atoms with E-state index < -0.39 is 0 Å². The third kappa shape index (κ3) is 5.32. The summed E-state index contributed by atoms with van der Waals surface area (Å²) >= 11 is 0. The van der Waals surface area contributed by atoms with E-state index in [2.05, 4.69) is 17.6 Å². The molecule has 28 heavy (non-hydrogen) atoms. The molecule has 2 heterocycles. The van der Waals surface area contributed by atoms with Crippen molar-refractivity contribution in [2.24, 2.45) is 5.92 Å². The quantitative estimate of drug-likeness (QED) is 0.716. The summed E-state index contributed by atoms with van der Waals surface area (Å²) in [5, 5.41) is 5.73. The number of hydrogen-bond donors (Lipinski definition) is 2. The van der Waals surface area contributed by atoms with Gasteiger partial charge in [0.15, 0.2) is 0 Å². The number of amides is 3. The average Bonchev–Trinajstić information content (AvgIpc) is 3.34. The Hall–Kier alpha value is -2.41. The number of rotatable bonds is 8. The van der Waals surface area contributed by atoms with Crippen LogP contribution in [0.25, 0.3) is 0 Å². The molecule has 0 aliphatic carbocycles. The van der Waals surface area contributed by atoms with Gasteiger partial charge < -0.3 is 20.3 Å². The third-order valence-electron chi connectivity index (χ3n) is 5.30. The molecule has 0 aromatic heterocycles. The Labute approximate surface area is 165 Å². The second-order valence-corrected chi connectivity index (χ2v) is 7.51. The molecule has 2 aliphatic heterocycles. The molecule has 152 valence electrons. The van der Waals surface area contributed by atoms with Gasteiger partial charge in [0.05, 0.1) is 12.0 Å². The summed E-state index contributed by atoms with van der Waals surface area (Å²) in [6.45, 7) is 4.56. The van der Waals surface area contributed by atoms with Crippen molar-refractivity contribution in [2.75, 3.05) is 31.6 Å². The maximum absolute atomic E-state index is 12.5. The molecule has 2 aliphatic rings. The van der Waals surface area contributed by atoms with E-state index in [4.69, 9.17) is 4.74 Å². The Morgan fingerprint density at radius 2 is 2.04 bits per heavy atom. The molecule has 2 N–H and O–H groups in total. The summed E-state index contributed by atoms with van der Waals surface area (Å²) in [5.74, 6) is -0.574. The fourth-order valence-electron chi connectivity index (χ4n) is 3.58. The summed E-state index contributed by atoms with van der Waals surface area (Å²) in [4.78, 5) is 38.5. The standard InChI is InChI=1S/C21H29N3O4/c1-2-3-10-24-14-16(12-19(24)25)21(27)23-17-8-6-15(7-9-17)20(26)22-13-18-5-4-11-28-18/h6-9,16,18H,2-5,10-14H2,1H3,(H,22,26)(H,23,27)/t16-,18-/m1/s1. The van der Waals surface area contributed by atoms with Crippen LogP contribution in [0.5, 0.6) is 0 Å². The van der Waals surface area contributed by atoms with Crippen LogP contribution in [0.2, 0.25) is 0 Å². The van der Waals surface area contributed by atoms with E-state index in [0.29, 0.717) is 24.3 Å². The number of unbranched alkanes of at least 4 members (excludes halogenated alkanes) is 1. The Kier molecular flexibility index (Phi) is 7.03. The highest BCUT2D eigenvalue weighted by atomic mass is 16.5. The van der Waals surface area contributed by atoms with Crippen LogP contribution in [0, 0.1) is 5.92 Å². The summed E-state index contributed by atoms with van der Waals surface area (Å²) in [5.41, 5.74) is 1.16. The number of nitrogens with zero attached hydrogens (tertiary/aromatic N) is 1. The zero-order valence-corrected chi connectivity index (χ0v) is 16.4. The number of likely N-dealkylation sites (tertiary alicyclic amines) is 1. The Morgan fingerprint density at radius 3 is 2.71 bits per heavy atom. The molecule has 0 radical (unpaired) electrons. The summed E-state index contributed by atoms with van der Waals surface area (Å²) in [6, 6.07) is 6.80. The predicted octanol–water partition coefficient (Wildman–Crippen LogP) is 2.18. The van der Waals surface area contributed by atoms with Gasteiger partial charge in [-0.1, -0.05) is 13.3 Å². The fourth-order valence-corrected chi connectivity index (χ4v) is 3.58.